The van der Waals surface area contributed by atoms with E-state index in [4.69, 9.17) is 4.74 Å². The highest BCUT2D eigenvalue weighted by molar-refractivity contribution is 5.93. The van der Waals surface area contributed by atoms with E-state index in [2.05, 4.69) is 22.5 Å². The van der Waals surface area contributed by atoms with Gasteiger partial charge in [-0.3, -0.25) is 9.79 Å². The van der Waals surface area contributed by atoms with Crippen LogP contribution in [0.3, 0.4) is 0 Å². The molecule has 0 heterocycles. The molecule has 8 heteroatoms. The summed E-state index contributed by atoms with van der Waals surface area (Å²) in [4.78, 5) is 31.4. The number of guanidine groups is 1. The van der Waals surface area contributed by atoms with Crippen molar-refractivity contribution in [3.05, 3.63) is 35.4 Å². The third kappa shape index (κ3) is 9.15. The van der Waals surface area contributed by atoms with Gasteiger partial charge in [-0.05, 0) is 44.4 Å². The molecule has 0 fully saturated rings. The number of hydrogen-bond acceptors (Lipinski definition) is 4. The predicted molar refractivity (Wildman–Crippen MR) is 121 cm³/mol. The van der Waals surface area contributed by atoms with Gasteiger partial charge in [-0.2, -0.15) is 0 Å². The molecular formula is C22H37N5O3. The Morgan fingerprint density at radius 2 is 1.70 bits per heavy atom. The molecule has 0 saturated carbocycles. The topological polar surface area (TPSA) is 86.3 Å². The predicted octanol–water partition coefficient (Wildman–Crippen LogP) is 2.56. The monoisotopic (exact) mass is 419 g/mol. The molecule has 0 radical (unpaired) electrons. The van der Waals surface area contributed by atoms with Gasteiger partial charge in [0.25, 0.3) is 5.91 Å². The molecule has 1 atom stereocenters. The fourth-order valence-electron chi connectivity index (χ4n) is 2.65. The van der Waals surface area contributed by atoms with E-state index in [0.717, 1.165) is 5.56 Å². The summed E-state index contributed by atoms with van der Waals surface area (Å²) in [7, 11) is 6.92. The molecule has 1 unspecified atom stereocenters. The van der Waals surface area contributed by atoms with Crippen LogP contribution in [0.1, 0.15) is 43.6 Å². The zero-order valence-electron chi connectivity index (χ0n) is 19.6. The van der Waals surface area contributed by atoms with Gasteiger partial charge in [0.1, 0.15) is 5.60 Å². The minimum atomic E-state index is -0.503. The molecule has 2 amide bonds. The molecule has 8 nitrogen and oxygen atoms in total. The largest absolute Gasteiger partial charge is 0.444 e. The van der Waals surface area contributed by atoms with Gasteiger partial charge in [-0.25, -0.2) is 4.79 Å². The average Bonchev–Trinajstić information content (AvgIpc) is 2.66. The fraction of sp³-hybridized carbons (Fsp3) is 0.591. The summed E-state index contributed by atoms with van der Waals surface area (Å²) >= 11 is 0. The molecule has 1 rings (SSSR count). The summed E-state index contributed by atoms with van der Waals surface area (Å²) in [5.74, 6) is 0.866. The van der Waals surface area contributed by atoms with Crippen LogP contribution < -0.4 is 10.6 Å². The first-order valence-corrected chi connectivity index (χ1v) is 10.1. The van der Waals surface area contributed by atoms with Crippen LogP contribution in [0.25, 0.3) is 0 Å². The summed E-state index contributed by atoms with van der Waals surface area (Å²) < 4.78 is 5.38. The zero-order valence-corrected chi connectivity index (χ0v) is 19.6. The van der Waals surface area contributed by atoms with Crippen molar-refractivity contribution in [1.29, 1.82) is 0 Å². The van der Waals surface area contributed by atoms with Crippen molar-refractivity contribution in [1.82, 2.24) is 20.4 Å². The highest BCUT2D eigenvalue weighted by atomic mass is 16.6. The van der Waals surface area contributed by atoms with Gasteiger partial charge in [0.2, 0.25) is 0 Å². The second-order valence-corrected chi connectivity index (χ2v) is 8.67. The number of rotatable bonds is 7. The maximum atomic E-state index is 12.1. The van der Waals surface area contributed by atoms with Crippen LogP contribution in [0, 0.1) is 5.92 Å². The minimum Gasteiger partial charge on any atom is -0.444 e. The molecule has 168 valence electrons. The first-order chi connectivity index (χ1) is 13.9. The molecule has 0 saturated heterocycles. The maximum Gasteiger partial charge on any atom is 0.410 e. The smallest absolute Gasteiger partial charge is 0.410 e. The van der Waals surface area contributed by atoms with Crippen molar-refractivity contribution in [2.75, 3.05) is 41.3 Å². The Morgan fingerprint density at radius 1 is 1.10 bits per heavy atom. The number of amides is 2. The third-order valence-electron chi connectivity index (χ3n) is 4.20. The van der Waals surface area contributed by atoms with Crippen LogP contribution in [0.2, 0.25) is 0 Å². The van der Waals surface area contributed by atoms with Crippen molar-refractivity contribution in [2.24, 2.45) is 10.9 Å². The number of ether oxygens (including phenoxy) is 1. The van der Waals surface area contributed by atoms with Gasteiger partial charge in [0.05, 0.1) is 0 Å². The Balaban J connectivity index is 2.46. The van der Waals surface area contributed by atoms with Gasteiger partial charge < -0.3 is 25.2 Å². The van der Waals surface area contributed by atoms with E-state index < -0.39 is 5.60 Å². The van der Waals surface area contributed by atoms with Crippen LogP contribution in [0.15, 0.2) is 29.3 Å². The number of carbonyl (C=O) groups is 2. The van der Waals surface area contributed by atoms with Crippen molar-refractivity contribution < 1.29 is 14.3 Å². The molecular weight excluding hydrogens is 382 g/mol. The SMILES string of the molecule is CN=C(NCc1ccc(C(=O)N(C)C)cc1)NCC(C)CN(C)C(=O)OC(C)(C)C. The molecule has 0 bridgehead atoms. The molecule has 0 aromatic heterocycles. The van der Waals surface area contributed by atoms with E-state index in [1.807, 2.05) is 45.0 Å². The van der Waals surface area contributed by atoms with Gasteiger partial charge in [0.15, 0.2) is 5.96 Å². The maximum absolute atomic E-state index is 12.1. The number of carbonyl (C=O) groups excluding carboxylic acids is 2. The summed E-state index contributed by atoms with van der Waals surface area (Å²) in [6.45, 7) is 9.43. The minimum absolute atomic E-state index is 0.0164. The van der Waals surface area contributed by atoms with Gasteiger partial charge in [-0.15, -0.1) is 0 Å². The lowest BCUT2D eigenvalue weighted by Crippen LogP contribution is -2.42. The highest BCUT2D eigenvalue weighted by Gasteiger charge is 2.20. The van der Waals surface area contributed by atoms with E-state index in [1.165, 1.54) is 0 Å². The Bertz CT molecular complexity index is 723. The normalized spacial score (nSPS) is 12.7. The fourth-order valence-corrected chi connectivity index (χ4v) is 2.65. The molecule has 0 spiro atoms. The van der Waals surface area contributed by atoms with Crippen molar-refractivity contribution in [2.45, 2.75) is 39.8 Å². The summed E-state index contributed by atoms with van der Waals surface area (Å²) in [5, 5.41) is 6.53. The molecule has 2 N–H and O–H groups in total. The van der Waals surface area contributed by atoms with Crippen molar-refractivity contribution in [3.63, 3.8) is 0 Å². The number of hydrogen-bond donors (Lipinski definition) is 2. The van der Waals surface area contributed by atoms with E-state index in [-0.39, 0.29) is 17.9 Å². The lowest BCUT2D eigenvalue weighted by Gasteiger charge is -2.26. The average molecular weight is 420 g/mol. The van der Waals surface area contributed by atoms with Crippen LogP contribution >= 0.6 is 0 Å². The Kier molecular flexibility index (Phi) is 9.62. The zero-order chi connectivity index (χ0) is 22.9. The van der Waals surface area contributed by atoms with Crippen LogP contribution in [0.5, 0.6) is 0 Å². The molecule has 0 aliphatic rings. The first kappa shape index (κ1) is 25.3. The Morgan fingerprint density at radius 3 is 2.20 bits per heavy atom. The number of aliphatic imine (C=N–C) groups is 1. The second-order valence-electron chi connectivity index (χ2n) is 8.67. The van der Waals surface area contributed by atoms with Crippen LogP contribution in [-0.4, -0.2) is 74.6 Å². The molecule has 0 aliphatic carbocycles. The van der Waals surface area contributed by atoms with Crippen LogP contribution in [-0.2, 0) is 11.3 Å². The van der Waals surface area contributed by atoms with Crippen molar-refractivity contribution in [3.8, 4) is 0 Å². The highest BCUT2D eigenvalue weighted by Crippen LogP contribution is 2.10. The number of benzene rings is 1. The third-order valence-corrected chi connectivity index (χ3v) is 4.20. The first-order valence-electron chi connectivity index (χ1n) is 10.1. The van der Waals surface area contributed by atoms with Crippen molar-refractivity contribution >= 4 is 18.0 Å². The summed E-state index contributed by atoms with van der Waals surface area (Å²) in [6, 6.07) is 7.50. The quantitative estimate of drug-likeness (QED) is 0.524. The molecule has 1 aromatic rings. The van der Waals surface area contributed by atoms with E-state index in [1.54, 1.807) is 38.0 Å². The number of nitrogens with one attached hydrogen (secondary N) is 2. The lowest BCUT2D eigenvalue weighted by atomic mass is 10.1. The standard InChI is InChI=1S/C22H37N5O3/c1-16(15-27(8)21(29)30-22(2,3)4)13-24-20(23-5)25-14-17-9-11-18(12-10-17)19(28)26(6)7/h9-12,16H,13-15H2,1-8H3,(H2,23,24,25). The Hall–Kier alpha value is -2.77. The number of nitrogens with zero attached hydrogens (tertiary/aromatic N) is 3. The van der Waals surface area contributed by atoms with E-state index in [9.17, 15) is 9.59 Å². The summed E-state index contributed by atoms with van der Waals surface area (Å²) in [5.41, 5.74) is 1.21. The summed E-state index contributed by atoms with van der Waals surface area (Å²) in [6.07, 6.45) is -0.326. The molecule has 30 heavy (non-hydrogen) atoms. The van der Waals surface area contributed by atoms with Gasteiger partial charge in [-0.1, -0.05) is 19.1 Å². The lowest BCUT2D eigenvalue weighted by molar-refractivity contribution is 0.0277. The second kappa shape index (κ2) is 11.4. The molecule has 1 aromatic carbocycles. The van der Waals surface area contributed by atoms with E-state index in [0.29, 0.717) is 31.2 Å². The Labute approximate surface area is 180 Å². The van der Waals surface area contributed by atoms with Gasteiger partial charge in [0, 0.05) is 53.4 Å². The van der Waals surface area contributed by atoms with E-state index >= 15 is 0 Å². The molecule has 0 aliphatic heterocycles. The van der Waals surface area contributed by atoms with Crippen LogP contribution in [0.4, 0.5) is 4.79 Å². The van der Waals surface area contributed by atoms with Gasteiger partial charge >= 0.3 is 6.09 Å².